The summed E-state index contributed by atoms with van der Waals surface area (Å²) in [5, 5.41) is 8.19. The van der Waals surface area contributed by atoms with E-state index in [0.29, 0.717) is 18.7 Å². The Morgan fingerprint density at radius 1 is 1.17 bits per heavy atom. The number of rotatable bonds is 2. The standard InChI is InChI=1S/C17H17N5O/c1-20-16-7-10-22(12-15(16)18-19-20)17(23)13-5-4-6-14(11-13)21-8-2-3-9-21/h2-6,8-9,11H,7,10,12H2,1H3. The van der Waals surface area contributed by atoms with Gasteiger partial charge in [0.2, 0.25) is 0 Å². The molecule has 0 fully saturated rings. The summed E-state index contributed by atoms with van der Waals surface area (Å²) in [6.07, 6.45) is 4.73. The third-order valence-electron chi connectivity index (χ3n) is 4.27. The molecule has 0 N–H and O–H groups in total. The number of amides is 1. The van der Waals surface area contributed by atoms with Crippen LogP contribution in [0.4, 0.5) is 0 Å². The van der Waals surface area contributed by atoms with E-state index < -0.39 is 0 Å². The SMILES string of the molecule is Cn1nnc2c1CCN(C(=O)c1cccc(-n3cccc3)c1)C2. The molecular weight excluding hydrogens is 290 g/mol. The monoisotopic (exact) mass is 307 g/mol. The Hall–Kier alpha value is -2.89. The van der Waals surface area contributed by atoms with Gasteiger partial charge in [0.05, 0.1) is 12.2 Å². The highest BCUT2D eigenvalue weighted by Crippen LogP contribution is 2.19. The first kappa shape index (κ1) is 13.8. The number of hydrogen-bond acceptors (Lipinski definition) is 3. The van der Waals surface area contributed by atoms with Gasteiger partial charge in [-0.25, -0.2) is 0 Å². The predicted molar refractivity (Wildman–Crippen MR) is 85.2 cm³/mol. The summed E-state index contributed by atoms with van der Waals surface area (Å²) in [4.78, 5) is 14.6. The summed E-state index contributed by atoms with van der Waals surface area (Å²) in [5.74, 6) is 0.0373. The predicted octanol–water partition coefficient (Wildman–Crippen LogP) is 1.80. The molecule has 4 rings (SSSR count). The van der Waals surface area contributed by atoms with Crippen LogP contribution in [0.3, 0.4) is 0 Å². The van der Waals surface area contributed by atoms with Crippen LogP contribution in [0, 0.1) is 0 Å². The quantitative estimate of drug-likeness (QED) is 0.725. The van der Waals surface area contributed by atoms with Crippen molar-refractivity contribution in [3.05, 3.63) is 65.7 Å². The minimum Gasteiger partial charge on any atom is -0.332 e. The van der Waals surface area contributed by atoms with Gasteiger partial charge in [-0.15, -0.1) is 5.10 Å². The van der Waals surface area contributed by atoms with E-state index in [4.69, 9.17) is 0 Å². The van der Waals surface area contributed by atoms with Crippen molar-refractivity contribution in [3.8, 4) is 5.69 Å². The van der Waals surface area contributed by atoms with E-state index >= 15 is 0 Å². The van der Waals surface area contributed by atoms with E-state index in [0.717, 1.165) is 23.5 Å². The summed E-state index contributed by atoms with van der Waals surface area (Å²) in [6, 6.07) is 11.6. The molecule has 23 heavy (non-hydrogen) atoms. The molecule has 3 heterocycles. The molecule has 116 valence electrons. The van der Waals surface area contributed by atoms with Gasteiger partial charge in [-0.2, -0.15) is 0 Å². The lowest BCUT2D eigenvalue weighted by Crippen LogP contribution is -2.36. The fourth-order valence-electron chi connectivity index (χ4n) is 3.01. The minimum absolute atomic E-state index is 0.0373. The molecule has 0 saturated heterocycles. The van der Waals surface area contributed by atoms with Crippen LogP contribution in [0.5, 0.6) is 0 Å². The average molecular weight is 307 g/mol. The van der Waals surface area contributed by atoms with Crippen LogP contribution in [-0.2, 0) is 20.0 Å². The molecule has 0 aliphatic carbocycles. The third-order valence-corrected chi connectivity index (χ3v) is 4.27. The molecule has 6 nitrogen and oxygen atoms in total. The molecule has 0 unspecified atom stereocenters. The van der Waals surface area contributed by atoms with Crippen LogP contribution in [-0.4, -0.2) is 36.9 Å². The molecule has 1 aliphatic heterocycles. The first-order chi connectivity index (χ1) is 11.2. The number of aryl methyl sites for hydroxylation is 1. The van der Waals surface area contributed by atoms with E-state index in [2.05, 4.69) is 10.3 Å². The van der Waals surface area contributed by atoms with Crippen LogP contribution in [0.2, 0.25) is 0 Å². The largest absolute Gasteiger partial charge is 0.332 e. The van der Waals surface area contributed by atoms with Crippen molar-refractivity contribution >= 4 is 5.91 Å². The number of nitrogens with zero attached hydrogens (tertiary/aromatic N) is 5. The zero-order valence-electron chi connectivity index (χ0n) is 12.9. The number of hydrogen-bond donors (Lipinski definition) is 0. The maximum atomic E-state index is 12.8. The van der Waals surface area contributed by atoms with Gasteiger partial charge in [0, 0.05) is 43.7 Å². The number of fused-ring (bicyclic) bond motifs is 1. The lowest BCUT2D eigenvalue weighted by Gasteiger charge is -2.26. The highest BCUT2D eigenvalue weighted by molar-refractivity contribution is 5.94. The van der Waals surface area contributed by atoms with Gasteiger partial charge in [0.15, 0.2) is 0 Å². The zero-order valence-corrected chi connectivity index (χ0v) is 12.9. The number of carbonyl (C=O) groups excluding carboxylic acids is 1. The fourth-order valence-corrected chi connectivity index (χ4v) is 3.01. The molecule has 3 aromatic rings. The molecule has 0 radical (unpaired) electrons. The molecular formula is C17H17N5O. The van der Waals surface area contributed by atoms with Crippen LogP contribution >= 0.6 is 0 Å². The second-order valence-electron chi connectivity index (χ2n) is 5.72. The second kappa shape index (κ2) is 5.39. The van der Waals surface area contributed by atoms with Crippen molar-refractivity contribution in [2.45, 2.75) is 13.0 Å². The maximum absolute atomic E-state index is 12.8. The van der Waals surface area contributed by atoms with Gasteiger partial charge < -0.3 is 9.47 Å². The van der Waals surface area contributed by atoms with E-state index in [1.54, 1.807) is 4.68 Å². The highest BCUT2D eigenvalue weighted by atomic mass is 16.2. The van der Waals surface area contributed by atoms with Crippen molar-refractivity contribution in [2.24, 2.45) is 7.05 Å². The van der Waals surface area contributed by atoms with E-state index in [1.165, 1.54) is 0 Å². The Morgan fingerprint density at radius 2 is 2.00 bits per heavy atom. The summed E-state index contributed by atoms with van der Waals surface area (Å²) in [5.41, 5.74) is 3.70. The van der Waals surface area contributed by atoms with Crippen molar-refractivity contribution in [3.63, 3.8) is 0 Å². The zero-order chi connectivity index (χ0) is 15.8. The van der Waals surface area contributed by atoms with Crippen molar-refractivity contribution in [2.75, 3.05) is 6.54 Å². The molecule has 0 saturated carbocycles. The normalized spacial score (nSPS) is 13.9. The summed E-state index contributed by atoms with van der Waals surface area (Å²) < 4.78 is 3.79. The van der Waals surface area contributed by atoms with Crippen LogP contribution in [0.25, 0.3) is 5.69 Å². The van der Waals surface area contributed by atoms with Crippen molar-refractivity contribution in [1.82, 2.24) is 24.5 Å². The summed E-state index contributed by atoms with van der Waals surface area (Å²) in [6.45, 7) is 1.22. The lowest BCUT2D eigenvalue weighted by molar-refractivity contribution is 0.0731. The second-order valence-corrected chi connectivity index (χ2v) is 5.72. The Labute approximate surface area is 134 Å². The van der Waals surface area contributed by atoms with Gasteiger partial charge in [-0.05, 0) is 30.3 Å². The van der Waals surface area contributed by atoms with Gasteiger partial charge in [-0.1, -0.05) is 11.3 Å². The molecule has 1 aliphatic rings. The van der Waals surface area contributed by atoms with Gasteiger partial charge >= 0.3 is 0 Å². The number of carbonyl (C=O) groups is 1. The smallest absolute Gasteiger partial charge is 0.254 e. The number of benzene rings is 1. The van der Waals surface area contributed by atoms with Gasteiger partial charge in [0.1, 0.15) is 5.69 Å². The Kier molecular flexibility index (Phi) is 3.22. The highest BCUT2D eigenvalue weighted by Gasteiger charge is 2.25. The molecule has 6 heteroatoms. The molecule has 1 aromatic carbocycles. The molecule has 2 aromatic heterocycles. The van der Waals surface area contributed by atoms with Crippen molar-refractivity contribution in [1.29, 1.82) is 0 Å². The maximum Gasteiger partial charge on any atom is 0.254 e. The average Bonchev–Trinajstić information content (AvgIpc) is 3.24. The Bertz CT molecular complexity index is 850. The topological polar surface area (TPSA) is 56.0 Å². The van der Waals surface area contributed by atoms with E-state index in [-0.39, 0.29) is 5.91 Å². The third kappa shape index (κ3) is 2.42. The van der Waals surface area contributed by atoms with Crippen LogP contribution in [0.15, 0.2) is 48.8 Å². The summed E-state index contributed by atoms with van der Waals surface area (Å²) >= 11 is 0. The Balaban J connectivity index is 1.59. The summed E-state index contributed by atoms with van der Waals surface area (Å²) in [7, 11) is 1.89. The van der Waals surface area contributed by atoms with Crippen LogP contribution < -0.4 is 0 Å². The number of aromatic nitrogens is 4. The minimum atomic E-state index is 0.0373. The molecule has 1 amide bonds. The first-order valence-corrected chi connectivity index (χ1v) is 7.62. The fraction of sp³-hybridized carbons (Fsp3) is 0.235. The first-order valence-electron chi connectivity index (χ1n) is 7.62. The lowest BCUT2D eigenvalue weighted by atomic mass is 10.1. The van der Waals surface area contributed by atoms with Crippen molar-refractivity contribution < 1.29 is 4.79 Å². The van der Waals surface area contributed by atoms with Crippen LogP contribution in [0.1, 0.15) is 21.7 Å². The molecule has 0 atom stereocenters. The Morgan fingerprint density at radius 3 is 2.83 bits per heavy atom. The van der Waals surface area contributed by atoms with Gasteiger partial charge in [0.25, 0.3) is 5.91 Å². The van der Waals surface area contributed by atoms with E-state index in [1.807, 2.05) is 65.3 Å². The van der Waals surface area contributed by atoms with Gasteiger partial charge in [-0.3, -0.25) is 9.48 Å². The van der Waals surface area contributed by atoms with E-state index in [9.17, 15) is 4.79 Å². The molecule has 0 bridgehead atoms. The molecule has 0 spiro atoms.